The molecule has 5 aliphatic rings. The second kappa shape index (κ2) is 11.6. The lowest BCUT2D eigenvalue weighted by molar-refractivity contribution is -0.0399. The van der Waals surface area contributed by atoms with Gasteiger partial charge in [0.2, 0.25) is 0 Å². The van der Waals surface area contributed by atoms with Crippen molar-refractivity contribution in [3.63, 3.8) is 0 Å². The third kappa shape index (κ3) is 4.60. The van der Waals surface area contributed by atoms with Gasteiger partial charge >= 0.3 is 0 Å². The minimum absolute atomic E-state index is 0.110. The van der Waals surface area contributed by atoms with Crippen LogP contribution >= 0.6 is 0 Å². The van der Waals surface area contributed by atoms with Crippen molar-refractivity contribution in [3.8, 4) is 67.5 Å². The summed E-state index contributed by atoms with van der Waals surface area (Å²) in [5, 5.41) is 0. The Morgan fingerprint density at radius 2 is 0.923 bits per heavy atom. The van der Waals surface area contributed by atoms with Crippen LogP contribution in [0.15, 0.2) is 146 Å². The molecule has 0 N–H and O–H groups in total. The number of aromatic nitrogens is 4. The summed E-state index contributed by atoms with van der Waals surface area (Å²) in [5.41, 5.74) is 13.6. The van der Waals surface area contributed by atoms with Crippen LogP contribution in [0.1, 0.15) is 43.2 Å². The molecular formula is C48H38N4. The van der Waals surface area contributed by atoms with E-state index < -0.39 is 0 Å². The number of pyridine rings is 1. The first-order valence-corrected chi connectivity index (χ1v) is 18.9. The van der Waals surface area contributed by atoms with Gasteiger partial charge in [0.25, 0.3) is 0 Å². The van der Waals surface area contributed by atoms with E-state index in [2.05, 4.69) is 120 Å². The van der Waals surface area contributed by atoms with Gasteiger partial charge in [-0.3, -0.25) is 4.98 Å². The minimum Gasteiger partial charge on any atom is -0.264 e. The van der Waals surface area contributed by atoms with E-state index in [0.717, 1.165) is 40.4 Å². The molecule has 4 nitrogen and oxygen atoms in total. The first kappa shape index (κ1) is 29.9. The Hall–Kier alpha value is -5.74. The molecule has 0 atom stereocenters. The molecule has 4 bridgehead atoms. The Labute approximate surface area is 304 Å². The summed E-state index contributed by atoms with van der Waals surface area (Å²) < 4.78 is 0. The second-order valence-electron chi connectivity index (χ2n) is 15.6. The molecule has 0 aliphatic heterocycles. The van der Waals surface area contributed by atoms with E-state index in [9.17, 15) is 0 Å². The molecule has 4 fully saturated rings. The number of hydrogen-bond donors (Lipinski definition) is 0. The predicted molar refractivity (Wildman–Crippen MR) is 208 cm³/mol. The van der Waals surface area contributed by atoms with Crippen LogP contribution in [0.4, 0.5) is 0 Å². The van der Waals surface area contributed by atoms with E-state index in [1.807, 2.05) is 30.5 Å². The van der Waals surface area contributed by atoms with Crippen LogP contribution in [0, 0.1) is 23.7 Å². The maximum absolute atomic E-state index is 5.11. The standard InChI is InChI=1S/C48H38N4/c1-3-8-32(9-4-1)33-14-16-35(17-15-33)46-50-45(34-10-5-2-6-11-34)51-47(52-46)38-13-7-12-36(27-38)37-18-19-41-42-29-49-21-20-43(42)48(44(41)28-37)39-23-30-22-31(25-39)26-40(48)24-30/h1-21,27-31,39-40H,22-26H2. The van der Waals surface area contributed by atoms with Crippen molar-refractivity contribution in [1.29, 1.82) is 0 Å². The molecule has 2 aromatic heterocycles. The molecule has 12 rings (SSSR count). The Bertz CT molecular complexity index is 2440. The third-order valence-electron chi connectivity index (χ3n) is 12.8. The Kier molecular flexibility index (Phi) is 6.70. The molecule has 250 valence electrons. The lowest BCUT2D eigenvalue weighted by Gasteiger charge is -2.61. The van der Waals surface area contributed by atoms with Crippen molar-refractivity contribution in [1.82, 2.24) is 19.9 Å². The highest BCUT2D eigenvalue weighted by Gasteiger charge is 2.61. The molecule has 7 aromatic rings. The van der Waals surface area contributed by atoms with Crippen molar-refractivity contribution in [3.05, 3.63) is 157 Å². The van der Waals surface area contributed by atoms with Gasteiger partial charge in [-0.25, -0.2) is 15.0 Å². The van der Waals surface area contributed by atoms with Crippen molar-refractivity contribution >= 4 is 0 Å². The Balaban J connectivity index is 1.01. The Morgan fingerprint density at radius 1 is 0.404 bits per heavy atom. The Morgan fingerprint density at radius 3 is 1.62 bits per heavy atom. The van der Waals surface area contributed by atoms with Crippen molar-refractivity contribution in [2.24, 2.45) is 23.7 Å². The SMILES string of the molecule is c1ccc(-c2ccc(-c3nc(-c4ccccc4)nc(-c4cccc(-c5ccc6c(c5)C5(c7ccncc7-6)C6CC7CC(C6)CC5C7)c4)n3)cc2)cc1. The molecule has 4 saturated carbocycles. The van der Waals surface area contributed by atoms with Gasteiger partial charge in [-0.2, -0.15) is 0 Å². The normalized spacial score (nSPS) is 23.5. The minimum atomic E-state index is 0.110. The molecule has 1 spiro atoms. The number of rotatable bonds is 5. The highest BCUT2D eigenvalue weighted by atomic mass is 15.0. The second-order valence-corrected chi connectivity index (χ2v) is 15.6. The van der Waals surface area contributed by atoms with Crippen molar-refractivity contribution in [2.45, 2.75) is 37.5 Å². The maximum atomic E-state index is 5.11. The molecule has 5 aromatic carbocycles. The topological polar surface area (TPSA) is 51.6 Å². The molecule has 0 saturated heterocycles. The quantitative estimate of drug-likeness (QED) is 0.183. The van der Waals surface area contributed by atoms with Gasteiger partial charge in [-0.05, 0) is 113 Å². The summed E-state index contributed by atoms with van der Waals surface area (Å²) in [4.78, 5) is 19.8. The lowest BCUT2D eigenvalue weighted by Crippen LogP contribution is -2.55. The molecule has 0 unspecified atom stereocenters. The third-order valence-corrected chi connectivity index (χ3v) is 12.8. The molecule has 0 amide bonds. The largest absolute Gasteiger partial charge is 0.264 e. The fourth-order valence-electron chi connectivity index (χ4n) is 10.9. The van der Waals surface area contributed by atoms with E-state index in [4.69, 9.17) is 15.0 Å². The number of hydrogen-bond acceptors (Lipinski definition) is 4. The summed E-state index contributed by atoms with van der Waals surface area (Å²) in [6, 6.07) is 47.6. The highest BCUT2D eigenvalue weighted by Crippen LogP contribution is 2.69. The van der Waals surface area contributed by atoms with E-state index >= 15 is 0 Å². The summed E-state index contributed by atoms with van der Waals surface area (Å²) in [5.74, 6) is 5.27. The lowest BCUT2D eigenvalue weighted by atomic mass is 9.43. The van der Waals surface area contributed by atoms with Gasteiger partial charge in [0.15, 0.2) is 17.5 Å². The fraction of sp³-hybridized carbons (Fsp3) is 0.208. The first-order chi connectivity index (χ1) is 25.7. The van der Waals surface area contributed by atoms with E-state index in [1.165, 1.54) is 65.5 Å². The molecule has 2 heterocycles. The predicted octanol–water partition coefficient (Wildman–Crippen LogP) is 11.3. The summed E-state index contributed by atoms with van der Waals surface area (Å²) in [6.45, 7) is 0. The van der Waals surface area contributed by atoms with Crippen LogP contribution in [0.25, 0.3) is 67.5 Å². The molecule has 0 radical (unpaired) electrons. The number of benzene rings is 5. The average Bonchev–Trinajstić information content (AvgIpc) is 3.50. The number of fused-ring (bicyclic) bond motifs is 3. The van der Waals surface area contributed by atoms with Gasteiger partial charge in [0, 0.05) is 40.1 Å². The number of nitrogens with zero attached hydrogens (tertiary/aromatic N) is 4. The molecular weight excluding hydrogens is 633 g/mol. The van der Waals surface area contributed by atoms with Crippen LogP contribution < -0.4 is 0 Å². The fourth-order valence-corrected chi connectivity index (χ4v) is 10.9. The summed E-state index contributed by atoms with van der Waals surface area (Å²) in [6.07, 6.45) is 11.1. The maximum Gasteiger partial charge on any atom is 0.164 e. The van der Waals surface area contributed by atoms with Crippen LogP contribution in [0.3, 0.4) is 0 Å². The smallest absolute Gasteiger partial charge is 0.164 e. The van der Waals surface area contributed by atoms with Gasteiger partial charge in [-0.15, -0.1) is 0 Å². The monoisotopic (exact) mass is 670 g/mol. The van der Waals surface area contributed by atoms with Crippen LogP contribution in [-0.4, -0.2) is 19.9 Å². The van der Waals surface area contributed by atoms with E-state index in [1.54, 1.807) is 11.1 Å². The highest BCUT2D eigenvalue weighted by molar-refractivity contribution is 5.85. The van der Waals surface area contributed by atoms with Gasteiger partial charge in [0.05, 0.1) is 0 Å². The van der Waals surface area contributed by atoms with Gasteiger partial charge < -0.3 is 0 Å². The zero-order valence-electron chi connectivity index (χ0n) is 29.0. The van der Waals surface area contributed by atoms with Gasteiger partial charge in [0.1, 0.15) is 0 Å². The molecule has 52 heavy (non-hydrogen) atoms. The van der Waals surface area contributed by atoms with Crippen molar-refractivity contribution in [2.75, 3.05) is 0 Å². The van der Waals surface area contributed by atoms with E-state index in [0.29, 0.717) is 17.5 Å². The average molecular weight is 671 g/mol. The zero-order chi connectivity index (χ0) is 34.2. The van der Waals surface area contributed by atoms with Crippen LogP contribution in [0.2, 0.25) is 0 Å². The zero-order valence-corrected chi connectivity index (χ0v) is 29.0. The van der Waals surface area contributed by atoms with Crippen LogP contribution in [0.5, 0.6) is 0 Å². The van der Waals surface area contributed by atoms with E-state index in [-0.39, 0.29) is 5.41 Å². The van der Waals surface area contributed by atoms with Gasteiger partial charge in [-0.1, -0.05) is 115 Å². The first-order valence-electron chi connectivity index (χ1n) is 18.9. The summed E-state index contributed by atoms with van der Waals surface area (Å²) in [7, 11) is 0. The van der Waals surface area contributed by atoms with Crippen molar-refractivity contribution < 1.29 is 0 Å². The molecule has 5 aliphatic carbocycles. The molecule has 4 heteroatoms. The summed E-state index contributed by atoms with van der Waals surface area (Å²) >= 11 is 0. The van der Waals surface area contributed by atoms with Crippen LogP contribution in [-0.2, 0) is 5.41 Å².